The molecule has 1 aliphatic carbocycles. The first-order valence-electron chi connectivity index (χ1n) is 6.20. The molecule has 1 heterocycles. The van der Waals surface area contributed by atoms with Crippen molar-refractivity contribution in [3.8, 4) is 0 Å². The molecule has 0 saturated heterocycles. The minimum Gasteiger partial charge on any atom is -0.481 e. The van der Waals surface area contributed by atoms with Crippen LogP contribution >= 0.6 is 11.6 Å². The molecule has 1 saturated carbocycles. The zero-order valence-corrected chi connectivity index (χ0v) is 11.4. The highest BCUT2D eigenvalue weighted by Crippen LogP contribution is 2.25. The first-order valence-corrected chi connectivity index (χ1v) is 6.58. The number of nitrogens with zero attached hydrogens (tertiary/aromatic N) is 2. The van der Waals surface area contributed by atoms with Gasteiger partial charge in [-0.25, -0.2) is 0 Å². The molecule has 2 rings (SSSR count). The number of halogens is 1. The van der Waals surface area contributed by atoms with Gasteiger partial charge in [-0.2, -0.15) is 5.10 Å². The first kappa shape index (κ1) is 13.9. The van der Waals surface area contributed by atoms with Crippen molar-refractivity contribution in [3.63, 3.8) is 0 Å². The number of nitrogens with one attached hydrogen (secondary N) is 1. The summed E-state index contributed by atoms with van der Waals surface area (Å²) in [5, 5.41) is 16.1. The zero-order chi connectivity index (χ0) is 14.0. The van der Waals surface area contributed by atoms with Crippen molar-refractivity contribution >= 4 is 23.5 Å². The zero-order valence-electron chi connectivity index (χ0n) is 10.6. The molecule has 1 aromatic rings. The minimum absolute atomic E-state index is 0.00109. The van der Waals surface area contributed by atoms with Gasteiger partial charge in [0.25, 0.3) is 5.91 Å². The average Bonchev–Trinajstić information content (AvgIpc) is 2.69. The molecule has 0 radical (unpaired) electrons. The van der Waals surface area contributed by atoms with E-state index in [9.17, 15) is 9.59 Å². The lowest BCUT2D eigenvalue weighted by Gasteiger charge is -2.26. The maximum atomic E-state index is 12.0. The summed E-state index contributed by atoms with van der Waals surface area (Å²) in [6, 6.07) is 0.00109. The highest BCUT2D eigenvalue weighted by atomic mass is 35.5. The van der Waals surface area contributed by atoms with Crippen LogP contribution in [0.3, 0.4) is 0 Å². The van der Waals surface area contributed by atoms with Crippen LogP contribution in [0.5, 0.6) is 0 Å². The summed E-state index contributed by atoms with van der Waals surface area (Å²) in [7, 11) is 1.70. The van der Waals surface area contributed by atoms with Gasteiger partial charge in [0.1, 0.15) is 0 Å². The molecule has 1 aromatic heterocycles. The largest absolute Gasteiger partial charge is 0.481 e. The number of carboxylic acid groups (broad SMARTS) is 1. The van der Waals surface area contributed by atoms with Crippen LogP contribution < -0.4 is 5.32 Å². The quantitative estimate of drug-likeness (QED) is 0.880. The molecule has 0 unspecified atom stereocenters. The van der Waals surface area contributed by atoms with Gasteiger partial charge in [0.2, 0.25) is 0 Å². The van der Waals surface area contributed by atoms with Gasteiger partial charge in [0, 0.05) is 19.3 Å². The fourth-order valence-corrected chi connectivity index (χ4v) is 2.62. The van der Waals surface area contributed by atoms with E-state index < -0.39 is 5.97 Å². The van der Waals surface area contributed by atoms with E-state index in [0.717, 1.165) is 0 Å². The SMILES string of the molecule is Cn1cc(Cl)c(C(=O)NC2CCC(C(=O)O)CC2)n1. The van der Waals surface area contributed by atoms with Crippen LogP contribution in [0.1, 0.15) is 36.2 Å². The van der Waals surface area contributed by atoms with Crippen molar-refractivity contribution in [3.05, 3.63) is 16.9 Å². The Morgan fingerprint density at radius 2 is 2.05 bits per heavy atom. The second-order valence-corrected chi connectivity index (χ2v) is 5.27. The van der Waals surface area contributed by atoms with Crippen LogP contribution in [0.4, 0.5) is 0 Å². The van der Waals surface area contributed by atoms with Gasteiger partial charge in [-0.3, -0.25) is 14.3 Å². The number of carbonyl (C=O) groups is 2. The molecule has 2 N–H and O–H groups in total. The van der Waals surface area contributed by atoms with Crippen LogP contribution in [0.15, 0.2) is 6.20 Å². The number of rotatable bonds is 3. The molecule has 0 spiro atoms. The molecule has 104 valence electrons. The van der Waals surface area contributed by atoms with Gasteiger partial charge in [0.05, 0.1) is 10.9 Å². The second kappa shape index (κ2) is 5.61. The number of carboxylic acids is 1. The molecule has 7 heteroatoms. The van der Waals surface area contributed by atoms with E-state index in [1.807, 2.05) is 0 Å². The van der Waals surface area contributed by atoms with Crippen LogP contribution in [0, 0.1) is 5.92 Å². The van der Waals surface area contributed by atoms with E-state index in [1.165, 1.54) is 4.68 Å². The van der Waals surface area contributed by atoms with E-state index in [0.29, 0.717) is 30.7 Å². The molecule has 1 aliphatic rings. The molecule has 1 fully saturated rings. The van der Waals surface area contributed by atoms with E-state index in [-0.39, 0.29) is 23.6 Å². The third kappa shape index (κ3) is 3.26. The molecular formula is C12H16ClN3O3. The van der Waals surface area contributed by atoms with Crippen molar-refractivity contribution in [1.29, 1.82) is 0 Å². The van der Waals surface area contributed by atoms with Gasteiger partial charge < -0.3 is 10.4 Å². The number of aliphatic carboxylic acids is 1. The Hall–Kier alpha value is -1.56. The van der Waals surface area contributed by atoms with Crippen LogP contribution in [0.25, 0.3) is 0 Å². The lowest BCUT2D eigenvalue weighted by atomic mass is 9.86. The number of hydrogen-bond acceptors (Lipinski definition) is 3. The monoisotopic (exact) mass is 285 g/mol. The maximum absolute atomic E-state index is 12.0. The second-order valence-electron chi connectivity index (χ2n) is 4.86. The molecule has 19 heavy (non-hydrogen) atoms. The number of amides is 1. The Labute approximate surface area is 115 Å². The fourth-order valence-electron chi connectivity index (χ4n) is 2.35. The Kier molecular flexibility index (Phi) is 4.09. The molecule has 6 nitrogen and oxygen atoms in total. The molecule has 0 atom stereocenters. The third-order valence-electron chi connectivity index (χ3n) is 3.41. The fraction of sp³-hybridized carbons (Fsp3) is 0.583. The third-order valence-corrected chi connectivity index (χ3v) is 3.69. The first-order chi connectivity index (χ1) is 8.97. The highest BCUT2D eigenvalue weighted by Gasteiger charge is 2.27. The van der Waals surface area contributed by atoms with Gasteiger partial charge in [0.15, 0.2) is 5.69 Å². The summed E-state index contributed by atoms with van der Waals surface area (Å²) < 4.78 is 1.48. The Balaban J connectivity index is 1.91. The summed E-state index contributed by atoms with van der Waals surface area (Å²) >= 11 is 5.90. The summed E-state index contributed by atoms with van der Waals surface area (Å²) in [6.07, 6.45) is 4.10. The van der Waals surface area contributed by atoms with E-state index in [1.54, 1.807) is 13.2 Å². The van der Waals surface area contributed by atoms with Crippen LogP contribution in [-0.2, 0) is 11.8 Å². The Morgan fingerprint density at radius 1 is 1.42 bits per heavy atom. The molecular weight excluding hydrogens is 270 g/mol. The normalized spacial score (nSPS) is 23.1. The Morgan fingerprint density at radius 3 is 2.53 bits per heavy atom. The predicted molar refractivity (Wildman–Crippen MR) is 69.1 cm³/mol. The number of carbonyl (C=O) groups excluding carboxylic acids is 1. The van der Waals surface area contributed by atoms with Crippen molar-refractivity contribution in [2.75, 3.05) is 0 Å². The van der Waals surface area contributed by atoms with Crippen molar-refractivity contribution in [2.45, 2.75) is 31.7 Å². The predicted octanol–water partition coefficient (Wildman–Crippen LogP) is 1.45. The Bertz CT molecular complexity index is 492. The summed E-state index contributed by atoms with van der Waals surface area (Å²) in [5.74, 6) is -1.34. The highest BCUT2D eigenvalue weighted by molar-refractivity contribution is 6.33. The lowest BCUT2D eigenvalue weighted by molar-refractivity contribution is -0.142. The van der Waals surface area contributed by atoms with Crippen molar-refractivity contribution in [1.82, 2.24) is 15.1 Å². The van der Waals surface area contributed by atoms with E-state index in [4.69, 9.17) is 16.7 Å². The molecule has 0 bridgehead atoms. The van der Waals surface area contributed by atoms with Gasteiger partial charge >= 0.3 is 5.97 Å². The van der Waals surface area contributed by atoms with Crippen molar-refractivity contribution in [2.24, 2.45) is 13.0 Å². The van der Waals surface area contributed by atoms with E-state index in [2.05, 4.69) is 10.4 Å². The lowest BCUT2D eigenvalue weighted by Crippen LogP contribution is -2.39. The minimum atomic E-state index is -0.752. The van der Waals surface area contributed by atoms with Gasteiger partial charge in [-0.1, -0.05) is 11.6 Å². The topological polar surface area (TPSA) is 84.2 Å². The van der Waals surface area contributed by atoms with Crippen molar-refractivity contribution < 1.29 is 14.7 Å². The number of aryl methyl sites for hydroxylation is 1. The van der Waals surface area contributed by atoms with Gasteiger partial charge in [-0.15, -0.1) is 0 Å². The average molecular weight is 286 g/mol. The standard InChI is InChI=1S/C12H16ClN3O3/c1-16-6-9(13)10(15-16)11(17)14-8-4-2-7(3-5-8)12(18)19/h6-8H,2-5H2,1H3,(H,14,17)(H,18,19). The molecule has 0 aliphatic heterocycles. The van der Waals surface area contributed by atoms with Crippen LogP contribution in [0.2, 0.25) is 5.02 Å². The molecule has 0 aromatic carbocycles. The summed E-state index contributed by atoms with van der Waals surface area (Å²) in [6.45, 7) is 0. The van der Waals surface area contributed by atoms with Crippen LogP contribution in [-0.4, -0.2) is 32.8 Å². The summed E-state index contributed by atoms with van der Waals surface area (Å²) in [5.41, 5.74) is 0.213. The summed E-state index contributed by atoms with van der Waals surface area (Å²) in [4.78, 5) is 22.8. The van der Waals surface area contributed by atoms with E-state index >= 15 is 0 Å². The number of aromatic nitrogens is 2. The molecule has 1 amide bonds. The maximum Gasteiger partial charge on any atom is 0.306 e. The smallest absolute Gasteiger partial charge is 0.306 e. The number of hydrogen-bond donors (Lipinski definition) is 2. The van der Waals surface area contributed by atoms with Gasteiger partial charge in [-0.05, 0) is 25.7 Å².